The van der Waals surface area contributed by atoms with E-state index in [0.29, 0.717) is 17.2 Å². The smallest absolute Gasteiger partial charge is 0.216 e. The van der Waals surface area contributed by atoms with Gasteiger partial charge in [0.25, 0.3) is 0 Å². The molecule has 0 saturated heterocycles. The van der Waals surface area contributed by atoms with Crippen molar-refractivity contribution in [2.75, 3.05) is 6.61 Å². The summed E-state index contributed by atoms with van der Waals surface area (Å²) in [6.07, 6.45) is 1.78. The summed E-state index contributed by atoms with van der Waals surface area (Å²) in [6, 6.07) is 9.73. The van der Waals surface area contributed by atoms with Crippen LogP contribution in [0.15, 0.2) is 35.4 Å². The molecule has 24 heavy (non-hydrogen) atoms. The molecule has 1 aromatic carbocycles. The predicted molar refractivity (Wildman–Crippen MR) is 97.3 cm³/mol. The maximum Gasteiger partial charge on any atom is 0.216 e. The van der Waals surface area contributed by atoms with Crippen LogP contribution in [0.25, 0.3) is 11.4 Å². The van der Waals surface area contributed by atoms with Gasteiger partial charge >= 0.3 is 0 Å². The Labute approximate surface area is 145 Å². The zero-order valence-electron chi connectivity index (χ0n) is 13.8. The van der Waals surface area contributed by atoms with Crippen LogP contribution < -0.4 is 4.74 Å². The summed E-state index contributed by atoms with van der Waals surface area (Å²) in [4.78, 5) is 3.25. The summed E-state index contributed by atoms with van der Waals surface area (Å²) >= 11 is 5.29. The van der Waals surface area contributed by atoms with Gasteiger partial charge in [0.1, 0.15) is 5.75 Å². The topological polar surface area (TPSA) is 71.0 Å². The largest absolute Gasteiger partial charge is 0.494 e. The fourth-order valence-corrected chi connectivity index (χ4v) is 2.63. The Kier molecular flexibility index (Phi) is 4.61. The van der Waals surface area contributed by atoms with Gasteiger partial charge in [0.15, 0.2) is 5.82 Å². The molecule has 0 amide bonds. The Balaban J connectivity index is 1.94. The van der Waals surface area contributed by atoms with Crippen LogP contribution >= 0.6 is 12.2 Å². The third-order valence-electron chi connectivity index (χ3n) is 3.58. The average Bonchev–Trinajstić information content (AvgIpc) is 3.08. The summed E-state index contributed by atoms with van der Waals surface area (Å²) in [6.45, 7) is 6.62. The summed E-state index contributed by atoms with van der Waals surface area (Å²) in [7, 11) is 0. The lowest BCUT2D eigenvalue weighted by Crippen LogP contribution is -1.96. The molecule has 0 aliphatic carbocycles. The first-order valence-electron chi connectivity index (χ1n) is 7.69. The quantitative estimate of drug-likeness (QED) is 0.547. The molecule has 0 aliphatic heterocycles. The van der Waals surface area contributed by atoms with Crippen LogP contribution in [0.1, 0.15) is 23.9 Å². The van der Waals surface area contributed by atoms with E-state index in [0.717, 1.165) is 28.3 Å². The molecule has 3 rings (SSSR count). The molecular weight excluding hydrogens is 322 g/mol. The van der Waals surface area contributed by atoms with Crippen molar-refractivity contribution in [3.63, 3.8) is 0 Å². The first kappa shape index (κ1) is 16.2. The van der Waals surface area contributed by atoms with E-state index in [-0.39, 0.29) is 0 Å². The van der Waals surface area contributed by atoms with Crippen LogP contribution in [0.4, 0.5) is 0 Å². The lowest BCUT2D eigenvalue weighted by Gasteiger charge is -2.04. The van der Waals surface area contributed by atoms with Crippen molar-refractivity contribution in [2.24, 2.45) is 5.10 Å². The van der Waals surface area contributed by atoms with Crippen molar-refractivity contribution in [1.29, 1.82) is 0 Å². The summed E-state index contributed by atoms with van der Waals surface area (Å²) in [5.41, 5.74) is 4.09. The highest BCUT2D eigenvalue weighted by Crippen LogP contribution is 2.21. The molecule has 124 valence electrons. The third kappa shape index (κ3) is 3.30. The number of aromatic amines is 2. The van der Waals surface area contributed by atoms with E-state index in [4.69, 9.17) is 17.0 Å². The number of aromatic nitrogens is 4. The van der Waals surface area contributed by atoms with E-state index < -0.39 is 0 Å². The van der Waals surface area contributed by atoms with Crippen molar-refractivity contribution < 1.29 is 4.74 Å². The minimum absolute atomic E-state index is 0.444. The van der Waals surface area contributed by atoms with Gasteiger partial charge in [0.05, 0.1) is 12.8 Å². The number of hydrogen-bond acceptors (Lipinski definition) is 4. The molecule has 2 aromatic heterocycles. The third-order valence-corrected chi connectivity index (χ3v) is 3.84. The number of nitrogens with one attached hydrogen (secondary N) is 2. The van der Waals surface area contributed by atoms with Crippen LogP contribution in [-0.4, -0.2) is 32.7 Å². The number of H-pyrrole nitrogens is 2. The molecule has 7 heteroatoms. The standard InChI is InChI=1S/C17H19N5OS/c1-4-23-15-7-5-13(6-8-15)16-20-21-17(24)22(16)18-10-14-9-11(2)19-12(14)3/h5-10,19H,4H2,1-3H3,(H,21,24)/b18-10+. The number of ether oxygens (including phenoxy) is 1. The minimum atomic E-state index is 0.444. The first-order valence-corrected chi connectivity index (χ1v) is 8.10. The Bertz CT molecular complexity index is 917. The molecule has 6 nitrogen and oxygen atoms in total. The second-order valence-corrected chi connectivity index (χ2v) is 5.79. The van der Waals surface area contributed by atoms with E-state index in [1.165, 1.54) is 0 Å². The predicted octanol–water partition coefficient (Wildman–Crippen LogP) is 3.83. The lowest BCUT2D eigenvalue weighted by molar-refractivity contribution is 0.340. The van der Waals surface area contributed by atoms with Gasteiger partial charge in [-0.2, -0.15) is 14.9 Å². The van der Waals surface area contributed by atoms with Gasteiger partial charge in [0.2, 0.25) is 4.77 Å². The van der Waals surface area contributed by atoms with Crippen molar-refractivity contribution in [2.45, 2.75) is 20.8 Å². The number of aryl methyl sites for hydroxylation is 2. The van der Waals surface area contributed by atoms with Crippen LogP contribution in [0.3, 0.4) is 0 Å². The fourth-order valence-electron chi connectivity index (χ4n) is 2.45. The SMILES string of the molecule is CCOc1ccc(-c2n[nH]c(=S)n2/N=C/c2cc(C)[nH]c2C)cc1. The van der Waals surface area contributed by atoms with Gasteiger partial charge in [0, 0.05) is 22.5 Å². The van der Waals surface area contributed by atoms with Crippen molar-refractivity contribution >= 4 is 18.4 Å². The molecule has 0 saturated carbocycles. The monoisotopic (exact) mass is 341 g/mol. The van der Waals surface area contributed by atoms with E-state index in [2.05, 4.69) is 20.3 Å². The van der Waals surface area contributed by atoms with E-state index in [1.807, 2.05) is 51.1 Å². The summed E-state index contributed by atoms with van der Waals surface area (Å²) < 4.78 is 7.53. The second kappa shape index (κ2) is 6.84. The highest BCUT2D eigenvalue weighted by molar-refractivity contribution is 7.71. The Hall–Kier alpha value is -2.67. The summed E-state index contributed by atoms with van der Waals surface area (Å²) in [5, 5.41) is 11.6. The summed E-state index contributed by atoms with van der Waals surface area (Å²) in [5.74, 6) is 1.48. The Morgan fingerprint density at radius 2 is 2.04 bits per heavy atom. The molecule has 0 unspecified atom stereocenters. The molecule has 2 N–H and O–H groups in total. The maximum absolute atomic E-state index is 5.46. The van der Waals surface area contributed by atoms with Crippen molar-refractivity contribution in [3.05, 3.63) is 52.1 Å². The van der Waals surface area contributed by atoms with Gasteiger partial charge < -0.3 is 9.72 Å². The molecule has 0 aliphatic rings. The number of nitrogens with zero attached hydrogens (tertiary/aromatic N) is 3. The van der Waals surface area contributed by atoms with E-state index in [1.54, 1.807) is 10.9 Å². The van der Waals surface area contributed by atoms with Crippen LogP contribution in [-0.2, 0) is 0 Å². The molecule has 0 radical (unpaired) electrons. The Morgan fingerprint density at radius 3 is 2.67 bits per heavy atom. The average molecular weight is 341 g/mol. The normalized spacial score (nSPS) is 11.3. The number of rotatable bonds is 5. The first-order chi connectivity index (χ1) is 11.6. The molecule has 0 bridgehead atoms. The highest BCUT2D eigenvalue weighted by Gasteiger charge is 2.08. The van der Waals surface area contributed by atoms with Gasteiger partial charge in [-0.1, -0.05) is 0 Å². The van der Waals surface area contributed by atoms with Crippen LogP contribution in [0.5, 0.6) is 5.75 Å². The van der Waals surface area contributed by atoms with Crippen molar-refractivity contribution in [1.82, 2.24) is 19.9 Å². The van der Waals surface area contributed by atoms with E-state index >= 15 is 0 Å². The molecule has 3 aromatic rings. The van der Waals surface area contributed by atoms with Gasteiger partial charge in [-0.25, -0.2) is 5.10 Å². The molecule has 0 spiro atoms. The maximum atomic E-state index is 5.46. The van der Waals surface area contributed by atoms with Gasteiger partial charge in [-0.3, -0.25) is 0 Å². The van der Waals surface area contributed by atoms with Crippen LogP contribution in [0.2, 0.25) is 0 Å². The fraction of sp³-hybridized carbons (Fsp3) is 0.235. The zero-order chi connectivity index (χ0) is 17.1. The molecular formula is C17H19N5OS. The zero-order valence-corrected chi connectivity index (χ0v) is 14.6. The molecule has 0 atom stereocenters. The van der Waals surface area contributed by atoms with E-state index in [9.17, 15) is 0 Å². The Morgan fingerprint density at radius 1 is 1.29 bits per heavy atom. The van der Waals surface area contributed by atoms with Gasteiger partial charge in [-0.05, 0) is 63.3 Å². The lowest BCUT2D eigenvalue weighted by atomic mass is 10.2. The number of hydrogen-bond donors (Lipinski definition) is 2. The van der Waals surface area contributed by atoms with Gasteiger partial charge in [-0.15, -0.1) is 0 Å². The second-order valence-electron chi connectivity index (χ2n) is 5.40. The minimum Gasteiger partial charge on any atom is -0.494 e. The highest BCUT2D eigenvalue weighted by atomic mass is 32.1. The molecule has 0 fully saturated rings. The molecule has 2 heterocycles. The number of benzene rings is 1. The van der Waals surface area contributed by atoms with Crippen molar-refractivity contribution in [3.8, 4) is 17.1 Å². The van der Waals surface area contributed by atoms with Crippen LogP contribution in [0, 0.1) is 18.6 Å².